The lowest BCUT2D eigenvalue weighted by atomic mass is 9.92. The van der Waals surface area contributed by atoms with Crippen molar-refractivity contribution >= 4 is 17.3 Å². The molecule has 0 unspecified atom stereocenters. The predicted molar refractivity (Wildman–Crippen MR) is 68.6 cm³/mol. The highest BCUT2D eigenvalue weighted by atomic mass is 35.5. The van der Waals surface area contributed by atoms with Crippen LogP contribution in [0.5, 0.6) is 0 Å². The van der Waals surface area contributed by atoms with Gasteiger partial charge in [-0.2, -0.15) is 0 Å². The minimum Gasteiger partial charge on any atom is -0.385 e. The molecule has 0 radical (unpaired) electrons. The second-order valence-electron chi connectivity index (χ2n) is 5.07. The van der Waals surface area contributed by atoms with Gasteiger partial charge in [0.25, 0.3) is 0 Å². The monoisotopic (exact) mass is 225 g/mol. The summed E-state index contributed by atoms with van der Waals surface area (Å²) in [6.45, 7) is 7.77. The Hall–Kier alpha value is -0.690. The summed E-state index contributed by atoms with van der Waals surface area (Å²) in [5, 5.41) is 3.42. The molecule has 2 heteroatoms. The van der Waals surface area contributed by atoms with E-state index in [9.17, 15) is 0 Å². The maximum absolute atomic E-state index is 5.78. The van der Waals surface area contributed by atoms with Gasteiger partial charge in [-0.3, -0.25) is 0 Å². The van der Waals surface area contributed by atoms with Gasteiger partial charge in [-0.1, -0.05) is 32.9 Å². The maximum Gasteiger partial charge on any atom is 0.0474 e. The Morgan fingerprint density at radius 1 is 1.27 bits per heavy atom. The Labute approximate surface area is 97.8 Å². The number of benzene rings is 1. The number of hydrogen-bond donors (Lipinski definition) is 1. The third kappa shape index (κ3) is 5.08. The van der Waals surface area contributed by atoms with Crippen LogP contribution in [-0.2, 0) is 5.88 Å². The van der Waals surface area contributed by atoms with E-state index in [1.54, 1.807) is 0 Å². The van der Waals surface area contributed by atoms with Crippen molar-refractivity contribution in [3.8, 4) is 0 Å². The molecule has 1 nitrogen and oxygen atoms in total. The fourth-order valence-electron chi connectivity index (χ4n) is 1.35. The number of rotatable bonds is 4. The van der Waals surface area contributed by atoms with Crippen LogP contribution in [0.25, 0.3) is 0 Å². The van der Waals surface area contributed by atoms with E-state index in [1.807, 2.05) is 12.1 Å². The van der Waals surface area contributed by atoms with E-state index in [1.165, 1.54) is 0 Å². The van der Waals surface area contributed by atoms with Crippen LogP contribution in [0.1, 0.15) is 32.8 Å². The highest BCUT2D eigenvalue weighted by Gasteiger charge is 2.08. The molecule has 0 bridgehead atoms. The quantitative estimate of drug-likeness (QED) is 0.755. The summed E-state index contributed by atoms with van der Waals surface area (Å²) < 4.78 is 0. The van der Waals surface area contributed by atoms with Gasteiger partial charge in [-0.25, -0.2) is 0 Å². The molecule has 0 saturated carbocycles. The van der Waals surface area contributed by atoms with Gasteiger partial charge in [-0.15, -0.1) is 11.6 Å². The van der Waals surface area contributed by atoms with Gasteiger partial charge in [-0.05, 0) is 29.5 Å². The number of anilines is 1. The Balaban J connectivity index is 2.44. The van der Waals surface area contributed by atoms with Crippen molar-refractivity contribution in [2.24, 2.45) is 5.41 Å². The van der Waals surface area contributed by atoms with Gasteiger partial charge in [0, 0.05) is 18.1 Å². The molecular formula is C13H20ClN. The summed E-state index contributed by atoms with van der Waals surface area (Å²) >= 11 is 5.78. The van der Waals surface area contributed by atoms with E-state index < -0.39 is 0 Å². The topological polar surface area (TPSA) is 12.0 Å². The molecule has 0 aliphatic rings. The third-order valence-corrected chi connectivity index (χ3v) is 2.59. The van der Waals surface area contributed by atoms with Gasteiger partial charge in [0.1, 0.15) is 0 Å². The van der Waals surface area contributed by atoms with Crippen molar-refractivity contribution < 1.29 is 0 Å². The van der Waals surface area contributed by atoms with Crippen LogP contribution in [0.3, 0.4) is 0 Å². The van der Waals surface area contributed by atoms with Crippen molar-refractivity contribution in [3.63, 3.8) is 0 Å². The van der Waals surface area contributed by atoms with E-state index >= 15 is 0 Å². The maximum atomic E-state index is 5.78. The van der Waals surface area contributed by atoms with E-state index in [4.69, 9.17) is 11.6 Å². The Bertz CT molecular complexity index is 302. The van der Waals surface area contributed by atoms with Crippen LogP contribution < -0.4 is 5.32 Å². The van der Waals surface area contributed by atoms with Crippen LogP contribution in [-0.4, -0.2) is 6.54 Å². The molecule has 0 fully saturated rings. The summed E-state index contributed by atoms with van der Waals surface area (Å²) in [5.74, 6) is 0.578. The molecular weight excluding hydrogens is 206 g/mol. The second-order valence-corrected chi connectivity index (χ2v) is 5.34. The minimum absolute atomic E-state index is 0.386. The van der Waals surface area contributed by atoms with Crippen LogP contribution in [0, 0.1) is 5.41 Å². The number of alkyl halides is 1. The first-order valence-corrected chi connectivity index (χ1v) is 5.93. The number of hydrogen-bond acceptors (Lipinski definition) is 1. The molecule has 1 aromatic carbocycles. The number of halogens is 1. The van der Waals surface area contributed by atoms with Crippen molar-refractivity contribution in [2.75, 3.05) is 11.9 Å². The van der Waals surface area contributed by atoms with E-state index in [0.717, 1.165) is 24.2 Å². The SMILES string of the molecule is CC(C)(C)CCNc1cccc(CCl)c1. The third-order valence-electron chi connectivity index (χ3n) is 2.29. The lowest BCUT2D eigenvalue weighted by molar-refractivity contribution is 0.390. The van der Waals surface area contributed by atoms with E-state index in [0.29, 0.717) is 11.3 Å². The van der Waals surface area contributed by atoms with E-state index in [-0.39, 0.29) is 0 Å². The first-order chi connectivity index (χ1) is 7.01. The number of nitrogens with one attached hydrogen (secondary N) is 1. The lowest BCUT2D eigenvalue weighted by Crippen LogP contribution is -2.12. The summed E-state index contributed by atoms with van der Waals surface area (Å²) in [7, 11) is 0. The summed E-state index contributed by atoms with van der Waals surface area (Å²) in [4.78, 5) is 0. The van der Waals surface area contributed by atoms with Crippen molar-refractivity contribution in [1.29, 1.82) is 0 Å². The van der Waals surface area contributed by atoms with Gasteiger partial charge in [0.05, 0.1) is 0 Å². The zero-order valence-corrected chi connectivity index (χ0v) is 10.6. The van der Waals surface area contributed by atoms with Gasteiger partial charge >= 0.3 is 0 Å². The first-order valence-electron chi connectivity index (χ1n) is 5.40. The molecule has 1 rings (SSSR count). The largest absolute Gasteiger partial charge is 0.385 e. The van der Waals surface area contributed by atoms with Crippen LogP contribution in [0.2, 0.25) is 0 Å². The molecule has 0 aliphatic carbocycles. The molecule has 0 amide bonds. The van der Waals surface area contributed by atoms with Crippen LogP contribution in [0.15, 0.2) is 24.3 Å². The molecule has 0 aliphatic heterocycles. The predicted octanol–water partition coefficient (Wildman–Crippen LogP) is 4.27. The average molecular weight is 226 g/mol. The molecule has 0 spiro atoms. The van der Waals surface area contributed by atoms with Gasteiger partial charge < -0.3 is 5.32 Å². The second kappa shape index (κ2) is 5.41. The molecule has 0 aromatic heterocycles. The molecule has 0 heterocycles. The molecule has 1 aromatic rings. The van der Waals surface area contributed by atoms with Crippen molar-refractivity contribution in [2.45, 2.75) is 33.1 Å². The Morgan fingerprint density at radius 2 is 2.00 bits per heavy atom. The van der Waals surface area contributed by atoms with Crippen LogP contribution in [0.4, 0.5) is 5.69 Å². The lowest BCUT2D eigenvalue weighted by Gasteiger charge is -2.18. The highest BCUT2D eigenvalue weighted by molar-refractivity contribution is 6.17. The van der Waals surface area contributed by atoms with Crippen LogP contribution >= 0.6 is 11.6 Å². The average Bonchev–Trinajstić information content (AvgIpc) is 2.16. The molecule has 0 saturated heterocycles. The normalized spacial score (nSPS) is 11.5. The zero-order chi connectivity index (χ0) is 11.3. The molecule has 84 valence electrons. The fraction of sp³-hybridized carbons (Fsp3) is 0.538. The van der Waals surface area contributed by atoms with Crippen molar-refractivity contribution in [3.05, 3.63) is 29.8 Å². The summed E-state index contributed by atoms with van der Waals surface area (Å²) in [6.07, 6.45) is 1.16. The van der Waals surface area contributed by atoms with Crippen molar-refractivity contribution in [1.82, 2.24) is 0 Å². The molecule has 1 N–H and O–H groups in total. The smallest absolute Gasteiger partial charge is 0.0474 e. The van der Waals surface area contributed by atoms with Gasteiger partial charge in [0.2, 0.25) is 0 Å². The van der Waals surface area contributed by atoms with Gasteiger partial charge in [0.15, 0.2) is 0 Å². The highest BCUT2D eigenvalue weighted by Crippen LogP contribution is 2.19. The Kier molecular flexibility index (Phi) is 4.46. The minimum atomic E-state index is 0.386. The zero-order valence-electron chi connectivity index (χ0n) is 9.81. The Morgan fingerprint density at radius 3 is 2.60 bits per heavy atom. The standard InChI is InChI=1S/C13H20ClN/c1-13(2,3)7-8-15-12-6-4-5-11(9-12)10-14/h4-6,9,15H,7-8,10H2,1-3H3. The fourth-order valence-corrected chi connectivity index (χ4v) is 1.51. The molecule has 15 heavy (non-hydrogen) atoms. The summed E-state index contributed by atoms with van der Waals surface area (Å²) in [5.41, 5.74) is 2.71. The van der Waals surface area contributed by atoms with E-state index in [2.05, 4.69) is 38.2 Å². The first kappa shape index (κ1) is 12.4. The summed E-state index contributed by atoms with van der Waals surface area (Å²) in [6, 6.07) is 8.27. The molecule has 0 atom stereocenters.